The second-order valence-corrected chi connectivity index (χ2v) is 5.27. The number of aromatic nitrogens is 6. The molecule has 0 radical (unpaired) electrons. The standard InChI is InChI=1S/C14H11ClN6/c1-9-4-20-5-10(2-3-12(20)18-9)6-21-7-11-13(15)16-8-17-14(11)19-21/h2-5,7-8H,6H2,1H3. The van der Waals surface area contributed by atoms with Crippen LogP contribution in [0.1, 0.15) is 11.3 Å². The summed E-state index contributed by atoms with van der Waals surface area (Å²) in [5.41, 5.74) is 3.67. The van der Waals surface area contributed by atoms with E-state index in [1.165, 1.54) is 6.33 Å². The lowest BCUT2D eigenvalue weighted by Gasteiger charge is -2.02. The molecular formula is C14H11ClN6. The summed E-state index contributed by atoms with van der Waals surface area (Å²) in [6.45, 7) is 2.62. The van der Waals surface area contributed by atoms with Gasteiger partial charge < -0.3 is 4.40 Å². The van der Waals surface area contributed by atoms with Crippen molar-refractivity contribution in [3.05, 3.63) is 53.5 Å². The van der Waals surface area contributed by atoms with Crippen LogP contribution in [0.3, 0.4) is 0 Å². The maximum atomic E-state index is 6.04. The number of pyridine rings is 1. The van der Waals surface area contributed by atoms with Crippen molar-refractivity contribution >= 4 is 28.3 Å². The lowest BCUT2D eigenvalue weighted by atomic mass is 10.3. The Hall–Kier alpha value is -2.47. The molecule has 0 aliphatic heterocycles. The van der Waals surface area contributed by atoms with Gasteiger partial charge in [-0.05, 0) is 18.6 Å². The first-order valence-electron chi connectivity index (χ1n) is 6.47. The van der Waals surface area contributed by atoms with Crippen LogP contribution in [0.5, 0.6) is 0 Å². The molecule has 104 valence electrons. The minimum Gasteiger partial charge on any atom is -0.306 e. The Morgan fingerprint density at radius 1 is 1.14 bits per heavy atom. The summed E-state index contributed by atoms with van der Waals surface area (Å²) >= 11 is 6.04. The molecule has 0 spiro atoms. The zero-order valence-electron chi connectivity index (χ0n) is 11.2. The summed E-state index contributed by atoms with van der Waals surface area (Å²) < 4.78 is 3.83. The van der Waals surface area contributed by atoms with Gasteiger partial charge in [-0.1, -0.05) is 17.7 Å². The molecule has 0 unspecified atom stereocenters. The Bertz CT molecular complexity index is 955. The van der Waals surface area contributed by atoms with Crippen LogP contribution < -0.4 is 0 Å². The average Bonchev–Trinajstić information content (AvgIpc) is 3.01. The predicted octanol–water partition coefficient (Wildman–Crippen LogP) is 2.48. The van der Waals surface area contributed by atoms with E-state index in [0.29, 0.717) is 17.3 Å². The van der Waals surface area contributed by atoms with Gasteiger partial charge in [-0.2, -0.15) is 5.10 Å². The van der Waals surface area contributed by atoms with Crippen molar-refractivity contribution in [3.8, 4) is 0 Å². The minimum absolute atomic E-state index is 0.423. The van der Waals surface area contributed by atoms with Crippen LogP contribution in [-0.4, -0.2) is 29.1 Å². The van der Waals surface area contributed by atoms with Crippen molar-refractivity contribution in [2.24, 2.45) is 0 Å². The summed E-state index contributed by atoms with van der Waals surface area (Å²) in [6.07, 6.45) is 7.33. The first-order valence-corrected chi connectivity index (χ1v) is 6.85. The first kappa shape index (κ1) is 12.3. The second kappa shape index (κ2) is 4.53. The van der Waals surface area contributed by atoms with Gasteiger partial charge in [0.2, 0.25) is 0 Å². The molecule has 0 aliphatic carbocycles. The monoisotopic (exact) mass is 298 g/mol. The third-order valence-corrected chi connectivity index (χ3v) is 3.59. The number of hydrogen-bond donors (Lipinski definition) is 0. The number of nitrogens with zero attached hydrogens (tertiary/aromatic N) is 6. The molecule has 7 heteroatoms. The van der Waals surface area contributed by atoms with E-state index in [0.717, 1.165) is 22.3 Å². The van der Waals surface area contributed by atoms with Crippen LogP contribution in [0.2, 0.25) is 5.15 Å². The third kappa shape index (κ3) is 2.13. The molecule has 0 saturated carbocycles. The fourth-order valence-electron chi connectivity index (χ4n) is 2.38. The number of hydrogen-bond acceptors (Lipinski definition) is 4. The fraction of sp³-hybridized carbons (Fsp3) is 0.143. The van der Waals surface area contributed by atoms with Gasteiger partial charge in [-0.3, -0.25) is 4.68 Å². The highest BCUT2D eigenvalue weighted by Gasteiger charge is 2.07. The maximum absolute atomic E-state index is 6.04. The van der Waals surface area contributed by atoms with Gasteiger partial charge in [0, 0.05) is 18.6 Å². The van der Waals surface area contributed by atoms with Gasteiger partial charge in [0.25, 0.3) is 0 Å². The molecular weight excluding hydrogens is 288 g/mol. The van der Waals surface area contributed by atoms with E-state index in [2.05, 4.69) is 26.2 Å². The van der Waals surface area contributed by atoms with Crippen LogP contribution in [0.4, 0.5) is 0 Å². The van der Waals surface area contributed by atoms with Crippen molar-refractivity contribution < 1.29 is 0 Å². The Morgan fingerprint density at radius 3 is 2.90 bits per heavy atom. The van der Waals surface area contributed by atoms with E-state index >= 15 is 0 Å². The summed E-state index contributed by atoms with van der Waals surface area (Å²) in [5.74, 6) is 0. The minimum atomic E-state index is 0.423. The molecule has 6 nitrogen and oxygen atoms in total. The van der Waals surface area contributed by atoms with E-state index in [9.17, 15) is 0 Å². The molecule has 0 aliphatic rings. The van der Waals surface area contributed by atoms with Crippen molar-refractivity contribution in [3.63, 3.8) is 0 Å². The van der Waals surface area contributed by atoms with Crippen LogP contribution in [0.15, 0.2) is 37.1 Å². The number of rotatable bonds is 2. The van der Waals surface area contributed by atoms with Crippen molar-refractivity contribution in [2.45, 2.75) is 13.5 Å². The third-order valence-electron chi connectivity index (χ3n) is 3.29. The Morgan fingerprint density at radius 2 is 2.05 bits per heavy atom. The topological polar surface area (TPSA) is 60.9 Å². The second-order valence-electron chi connectivity index (χ2n) is 4.91. The number of aryl methyl sites for hydroxylation is 1. The lowest BCUT2D eigenvalue weighted by Crippen LogP contribution is -2.01. The van der Waals surface area contributed by atoms with Crippen LogP contribution >= 0.6 is 11.6 Å². The Labute approximate surface area is 125 Å². The van der Waals surface area contributed by atoms with Crippen molar-refractivity contribution in [2.75, 3.05) is 0 Å². The molecule has 0 amide bonds. The highest BCUT2D eigenvalue weighted by Crippen LogP contribution is 2.18. The van der Waals surface area contributed by atoms with E-state index in [-0.39, 0.29) is 0 Å². The predicted molar refractivity (Wildman–Crippen MR) is 79.4 cm³/mol. The summed E-state index contributed by atoms with van der Waals surface area (Å²) in [4.78, 5) is 12.5. The molecule has 0 aromatic carbocycles. The molecule has 0 saturated heterocycles. The molecule has 0 atom stereocenters. The molecule has 4 aromatic heterocycles. The lowest BCUT2D eigenvalue weighted by molar-refractivity contribution is 0.690. The van der Waals surface area contributed by atoms with Gasteiger partial charge in [0.05, 0.1) is 17.6 Å². The van der Waals surface area contributed by atoms with Gasteiger partial charge in [0.15, 0.2) is 5.65 Å². The van der Waals surface area contributed by atoms with Crippen molar-refractivity contribution in [1.29, 1.82) is 0 Å². The molecule has 4 aromatic rings. The normalized spacial score (nSPS) is 11.5. The quantitative estimate of drug-likeness (QED) is 0.533. The molecule has 0 bridgehead atoms. The van der Waals surface area contributed by atoms with Crippen LogP contribution in [-0.2, 0) is 6.54 Å². The number of fused-ring (bicyclic) bond motifs is 2. The number of halogens is 1. The zero-order chi connectivity index (χ0) is 14.4. The van der Waals surface area contributed by atoms with Crippen LogP contribution in [0, 0.1) is 6.92 Å². The van der Waals surface area contributed by atoms with Crippen LogP contribution in [0.25, 0.3) is 16.7 Å². The Balaban J connectivity index is 1.73. The highest BCUT2D eigenvalue weighted by molar-refractivity contribution is 6.33. The zero-order valence-corrected chi connectivity index (χ0v) is 12.0. The number of imidazole rings is 1. The SMILES string of the molecule is Cc1cn2cc(Cn3cc4c(Cl)ncnc4n3)ccc2n1. The smallest absolute Gasteiger partial charge is 0.185 e. The van der Waals surface area contributed by atoms with E-state index in [1.54, 1.807) is 0 Å². The molecule has 0 N–H and O–H groups in total. The first-order chi connectivity index (χ1) is 10.2. The maximum Gasteiger partial charge on any atom is 0.185 e. The molecule has 4 rings (SSSR count). The van der Waals surface area contributed by atoms with Crippen molar-refractivity contribution in [1.82, 2.24) is 29.1 Å². The fourth-order valence-corrected chi connectivity index (χ4v) is 2.56. The molecule has 0 fully saturated rings. The summed E-state index contributed by atoms with van der Waals surface area (Å²) in [7, 11) is 0. The van der Waals surface area contributed by atoms with Gasteiger partial charge in [-0.15, -0.1) is 0 Å². The largest absolute Gasteiger partial charge is 0.306 e. The molecule has 21 heavy (non-hydrogen) atoms. The van der Waals surface area contributed by atoms with E-state index in [1.807, 2.05) is 40.5 Å². The average molecular weight is 299 g/mol. The van der Waals surface area contributed by atoms with E-state index in [4.69, 9.17) is 11.6 Å². The summed E-state index contributed by atoms with van der Waals surface area (Å²) in [5, 5.41) is 5.60. The van der Waals surface area contributed by atoms with Gasteiger partial charge >= 0.3 is 0 Å². The highest BCUT2D eigenvalue weighted by atomic mass is 35.5. The Kier molecular flexibility index (Phi) is 2.65. The molecule has 4 heterocycles. The van der Waals surface area contributed by atoms with Gasteiger partial charge in [0.1, 0.15) is 17.1 Å². The van der Waals surface area contributed by atoms with Gasteiger partial charge in [-0.25, -0.2) is 15.0 Å². The summed E-state index contributed by atoms with van der Waals surface area (Å²) in [6, 6.07) is 4.04. The van der Waals surface area contributed by atoms with E-state index < -0.39 is 0 Å².